The first-order valence-corrected chi connectivity index (χ1v) is 11.5. The van der Waals surface area contributed by atoms with Gasteiger partial charge in [-0.05, 0) is 48.2 Å². The van der Waals surface area contributed by atoms with Crippen molar-refractivity contribution >= 4 is 39.4 Å². The van der Waals surface area contributed by atoms with Gasteiger partial charge in [-0.3, -0.25) is 9.59 Å². The second kappa shape index (κ2) is 10.7. The molecule has 1 unspecified atom stereocenters. The Kier molecular flexibility index (Phi) is 8.17. The number of rotatable bonds is 8. The summed E-state index contributed by atoms with van der Waals surface area (Å²) < 4.78 is 91.9. The molecule has 3 rings (SSSR count). The Balaban J connectivity index is 1.76. The zero-order valence-electron chi connectivity index (χ0n) is 18.8. The molecule has 0 aromatic heterocycles. The van der Waals surface area contributed by atoms with Crippen LogP contribution in [0.3, 0.4) is 0 Å². The maximum absolute atomic E-state index is 13.7. The Hall–Kier alpha value is -3.20. The molecular weight excluding hydrogens is 573 g/mol. The van der Waals surface area contributed by atoms with E-state index in [0.29, 0.717) is 0 Å². The highest BCUT2D eigenvalue weighted by molar-refractivity contribution is 9.10. The topological polar surface area (TPSA) is 50.5 Å². The molecule has 1 amide bonds. The van der Waals surface area contributed by atoms with E-state index >= 15 is 0 Å². The van der Waals surface area contributed by atoms with Crippen LogP contribution in [-0.4, -0.2) is 30.6 Å². The number of halogens is 8. The van der Waals surface area contributed by atoms with Crippen molar-refractivity contribution in [1.29, 1.82) is 0 Å². The molecule has 1 aliphatic rings. The summed E-state index contributed by atoms with van der Waals surface area (Å²) in [6, 6.07) is 6.68. The van der Waals surface area contributed by atoms with Crippen LogP contribution in [0.1, 0.15) is 46.7 Å². The molecule has 37 heavy (non-hydrogen) atoms. The predicted molar refractivity (Wildman–Crippen MR) is 124 cm³/mol. The Labute approximate surface area is 215 Å². The summed E-state index contributed by atoms with van der Waals surface area (Å²) in [4.78, 5) is 27.8. The molecule has 0 radical (unpaired) electrons. The predicted octanol–water partition coefficient (Wildman–Crippen LogP) is 7.53. The van der Waals surface area contributed by atoms with Gasteiger partial charge in [-0.2, -0.15) is 26.3 Å². The van der Waals surface area contributed by atoms with Gasteiger partial charge in [0.2, 0.25) is 11.6 Å². The lowest BCUT2D eigenvalue weighted by molar-refractivity contribution is -0.141. The van der Waals surface area contributed by atoms with Gasteiger partial charge in [-0.1, -0.05) is 40.2 Å². The van der Waals surface area contributed by atoms with Gasteiger partial charge >= 0.3 is 12.4 Å². The molecule has 196 valence electrons. The molecule has 1 saturated carbocycles. The quantitative estimate of drug-likeness (QED) is 0.196. The Bertz CT molecular complexity index is 1280. The number of hydrogen-bond acceptors (Lipinski definition) is 2. The number of nitrogens with zero attached hydrogens (tertiary/aromatic N) is 1. The Morgan fingerprint density at radius 3 is 2.32 bits per heavy atom. The number of benzene rings is 2. The normalized spacial score (nSPS) is 15.8. The molecular formula is C25H18BrF7N2O2. The molecule has 12 heteroatoms. The number of allylic oxidation sites excluding steroid dienone is 1. The van der Waals surface area contributed by atoms with Crippen molar-refractivity contribution in [2.24, 2.45) is 5.41 Å². The number of amides is 1. The Morgan fingerprint density at radius 1 is 1.11 bits per heavy atom. The third-order valence-electron chi connectivity index (χ3n) is 5.86. The van der Waals surface area contributed by atoms with Gasteiger partial charge < -0.3 is 5.32 Å². The van der Waals surface area contributed by atoms with Gasteiger partial charge in [0.05, 0.1) is 17.9 Å². The molecule has 0 spiro atoms. The minimum absolute atomic E-state index is 0.125. The highest BCUT2D eigenvalue weighted by Gasteiger charge is 2.51. The molecule has 1 atom stereocenters. The van der Waals surface area contributed by atoms with E-state index in [1.807, 2.05) is 0 Å². The van der Waals surface area contributed by atoms with E-state index in [1.54, 1.807) is 5.32 Å². The highest BCUT2D eigenvalue weighted by atomic mass is 79.9. The average Bonchev–Trinajstić information content (AvgIpc) is 3.57. The van der Waals surface area contributed by atoms with E-state index in [1.165, 1.54) is 18.2 Å². The second-order valence-corrected chi connectivity index (χ2v) is 9.47. The van der Waals surface area contributed by atoms with Crippen LogP contribution in [0.4, 0.5) is 36.4 Å². The zero-order valence-corrected chi connectivity index (χ0v) is 20.4. The van der Waals surface area contributed by atoms with Gasteiger partial charge in [-0.25, -0.2) is 9.24 Å². The first-order valence-electron chi connectivity index (χ1n) is 10.7. The number of nitrogens with one attached hydrogen (secondary N) is 1. The standard InChI is InChI=1S/C25H18BrF7N2O2/c1-34-20-11-15(4-7-19(20)27)17(25(31,32)33)6-3-14-2-5-16(18(26)10-14)21(36)12-23(8-9-23)22(37)35-13-24(28,29)30/h2-7,10-11,17H,8-9,12-13H2,(H,35,37)/b6-3+. The fourth-order valence-corrected chi connectivity index (χ4v) is 4.31. The second-order valence-electron chi connectivity index (χ2n) is 8.62. The van der Waals surface area contributed by atoms with Crippen molar-refractivity contribution in [1.82, 2.24) is 5.32 Å². The zero-order chi connectivity index (χ0) is 27.6. The molecule has 1 aliphatic carbocycles. The lowest BCUT2D eigenvalue weighted by Gasteiger charge is -2.18. The lowest BCUT2D eigenvalue weighted by Crippen LogP contribution is -2.39. The molecule has 0 bridgehead atoms. The van der Waals surface area contributed by atoms with Crippen LogP contribution in [0, 0.1) is 17.8 Å². The minimum atomic E-state index is -4.73. The third kappa shape index (κ3) is 7.19. The fourth-order valence-electron chi connectivity index (χ4n) is 3.69. The van der Waals surface area contributed by atoms with Gasteiger partial charge in [0.25, 0.3) is 0 Å². The van der Waals surface area contributed by atoms with Crippen LogP contribution >= 0.6 is 15.9 Å². The number of ketones is 1. The van der Waals surface area contributed by atoms with Crippen LogP contribution < -0.4 is 5.32 Å². The van der Waals surface area contributed by atoms with E-state index in [0.717, 1.165) is 30.4 Å². The monoisotopic (exact) mass is 590 g/mol. The van der Waals surface area contributed by atoms with Crippen LogP contribution in [0.15, 0.2) is 46.9 Å². The number of carbonyl (C=O) groups excluding carboxylic acids is 2. The molecule has 1 fully saturated rings. The largest absolute Gasteiger partial charge is 0.405 e. The van der Waals surface area contributed by atoms with E-state index in [4.69, 9.17) is 6.57 Å². The molecule has 0 saturated heterocycles. The molecule has 0 aliphatic heterocycles. The first kappa shape index (κ1) is 28.4. The lowest BCUT2D eigenvalue weighted by atomic mass is 9.93. The fraction of sp³-hybridized carbons (Fsp3) is 0.320. The van der Waals surface area contributed by atoms with Crippen molar-refractivity contribution in [3.8, 4) is 0 Å². The smallest absolute Gasteiger partial charge is 0.346 e. The molecule has 2 aromatic rings. The molecule has 1 N–H and O–H groups in total. The van der Waals surface area contributed by atoms with Gasteiger partial charge in [0.1, 0.15) is 12.4 Å². The van der Waals surface area contributed by atoms with Crippen LogP contribution in [0.2, 0.25) is 0 Å². The first-order chi connectivity index (χ1) is 17.1. The molecule has 2 aromatic carbocycles. The van der Waals surface area contributed by atoms with Crippen LogP contribution in [-0.2, 0) is 4.79 Å². The van der Waals surface area contributed by atoms with Crippen molar-refractivity contribution in [3.63, 3.8) is 0 Å². The van der Waals surface area contributed by atoms with Gasteiger partial charge in [-0.15, -0.1) is 0 Å². The third-order valence-corrected chi connectivity index (χ3v) is 6.52. The van der Waals surface area contributed by atoms with Crippen molar-refractivity contribution in [2.75, 3.05) is 6.54 Å². The summed E-state index contributed by atoms with van der Waals surface area (Å²) in [6.07, 6.45) is -7.10. The van der Waals surface area contributed by atoms with E-state index < -0.39 is 53.4 Å². The number of hydrogen-bond donors (Lipinski definition) is 1. The number of carbonyl (C=O) groups is 2. The Morgan fingerprint density at radius 2 is 1.78 bits per heavy atom. The van der Waals surface area contributed by atoms with E-state index in [-0.39, 0.29) is 40.4 Å². The molecule has 0 heterocycles. The van der Waals surface area contributed by atoms with Crippen molar-refractivity contribution in [2.45, 2.75) is 37.5 Å². The van der Waals surface area contributed by atoms with Gasteiger partial charge in [0.15, 0.2) is 5.78 Å². The maximum Gasteiger partial charge on any atom is 0.405 e. The average molecular weight is 591 g/mol. The SMILES string of the molecule is [C-]#[N+]c1cc(C(/C=C/c2ccc(C(=O)CC3(C(=O)NCC(F)(F)F)CC3)c(Br)c2)C(F)(F)F)ccc1F. The van der Waals surface area contributed by atoms with Gasteiger partial charge in [0, 0.05) is 16.5 Å². The van der Waals surface area contributed by atoms with E-state index in [9.17, 15) is 40.3 Å². The van der Waals surface area contributed by atoms with Crippen molar-refractivity contribution in [3.05, 3.63) is 80.9 Å². The number of Topliss-reactive ketones (excluding diaryl/α,β-unsaturated/α-hetero) is 1. The summed E-state index contributed by atoms with van der Waals surface area (Å²) in [5, 5.41) is 1.80. The summed E-state index contributed by atoms with van der Waals surface area (Å²) in [7, 11) is 0. The summed E-state index contributed by atoms with van der Waals surface area (Å²) in [5.74, 6) is -4.42. The van der Waals surface area contributed by atoms with E-state index in [2.05, 4.69) is 20.8 Å². The van der Waals surface area contributed by atoms with Crippen LogP contribution in [0.5, 0.6) is 0 Å². The summed E-state index contributed by atoms with van der Waals surface area (Å²) in [5.41, 5.74) is -1.65. The summed E-state index contributed by atoms with van der Waals surface area (Å²) >= 11 is 3.19. The van der Waals surface area contributed by atoms with Crippen molar-refractivity contribution < 1.29 is 40.3 Å². The minimum Gasteiger partial charge on any atom is -0.346 e. The summed E-state index contributed by atoms with van der Waals surface area (Å²) in [6.45, 7) is 5.41. The molecule has 4 nitrogen and oxygen atoms in total. The number of alkyl halides is 6. The van der Waals surface area contributed by atoms with Crippen LogP contribution in [0.25, 0.3) is 10.9 Å². The maximum atomic E-state index is 13.7. The highest BCUT2D eigenvalue weighted by Crippen LogP contribution is 2.50.